The van der Waals surface area contributed by atoms with Crippen molar-refractivity contribution in [3.05, 3.63) is 125 Å². The van der Waals surface area contributed by atoms with Gasteiger partial charge in [-0.2, -0.15) is 0 Å². The van der Waals surface area contributed by atoms with Gasteiger partial charge in [-0.3, -0.25) is 4.79 Å². The number of nitrogens with zero attached hydrogens (tertiary/aromatic N) is 1. The van der Waals surface area contributed by atoms with Crippen LogP contribution >= 0.6 is 0 Å². The average Bonchev–Trinajstić information content (AvgIpc) is 2.85. The van der Waals surface area contributed by atoms with Crippen LogP contribution in [0.25, 0.3) is 5.70 Å². The fourth-order valence-electron chi connectivity index (χ4n) is 3.77. The van der Waals surface area contributed by atoms with Crippen LogP contribution in [0.1, 0.15) is 29.5 Å². The molecule has 0 bridgehead atoms. The highest BCUT2D eigenvalue weighted by molar-refractivity contribution is 5.92. The van der Waals surface area contributed by atoms with Gasteiger partial charge in [0.2, 0.25) is 5.91 Å². The molecule has 1 amide bonds. The molecule has 0 unspecified atom stereocenters. The molecule has 4 nitrogen and oxygen atoms in total. The number of carbonyl (C=O) groups excluding carboxylic acids is 2. The molecule has 0 spiro atoms. The Morgan fingerprint density at radius 3 is 2.06 bits per heavy atom. The highest BCUT2D eigenvalue weighted by Gasteiger charge is 2.27. The Hall–Kier alpha value is -3.92. The summed E-state index contributed by atoms with van der Waals surface area (Å²) in [5.74, 6) is -0.322. The predicted octanol–water partition coefficient (Wildman–Crippen LogP) is 5.52. The third-order valence-corrected chi connectivity index (χ3v) is 5.36. The summed E-state index contributed by atoms with van der Waals surface area (Å²) in [6.07, 6.45) is 4.23. The molecule has 3 aromatic rings. The summed E-state index contributed by atoms with van der Waals surface area (Å²) in [6.45, 7) is 0.715. The van der Waals surface area contributed by atoms with Crippen LogP contribution in [0.5, 0.6) is 0 Å². The molecule has 160 valence electrons. The van der Waals surface area contributed by atoms with Gasteiger partial charge in [-0.15, -0.1) is 0 Å². The lowest BCUT2D eigenvalue weighted by atomic mass is 9.95. The number of allylic oxidation sites excluding steroid dienone is 2. The number of amides is 1. The van der Waals surface area contributed by atoms with Crippen LogP contribution in [-0.4, -0.2) is 16.8 Å². The Morgan fingerprint density at radius 1 is 0.812 bits per heavy atom. The average molecular weight is 424 g/mol. The topological polar surface area (TPSA) is 46.6 Å². The van der Waals surface area contributed by atoms with Crippen LogP contribution < -0.4 is 0 Å². The van der Waals surface area contributed by atoms with E-state index in [-0.39, 0.29) is 12.5 Å². The number of esters is 1. The molecular weight excluding hydrogens is 398 g/mol. The molecule has 0 aromatic heterocycles. The zero-order chi connectivity index (χ0) is 22.2. The standard InChI is InChI=1S/C28H25NO3/c30-26-18-16-25(17-19-27(31)32-21-23-12-6-2-7-13-23)28(24-14-8-3-9-15-24)29(26)20-22-10-4-1-5-11-22/h1-15,17,19H,16,18,20-21H2/b19-17+. The van der Waals surface area contributed by atoms with Gasteiger partial charge < -0.3 is 9.64 Å². The summed E-state index contributed by atoms with van der Waals surface area (Å²) in [4.78, 5) is 27.1. The Balaban J connectivity index is 1.60. The maximum atomic E-state index is 12.9. The molecule has 0 N–H and O–H groups in total. The van der Waals surface area contributed by atoms with E-state index < -0.39 is 5.97 Å². The van der Waals surface area contributed by atoms with Crippen molar-refractivity contribution in [1.29, 1.82) is 0 Å². The molecule has 0 saturated carbocycles. The number of carbonyl (C=O) groups is 2. The lowest BCUT2D eigenvalue weighted by molar-refractivity contribution is -0.139. The maximum Gasteiger partial charge on any atom is 0.331 e. The Morgan fingerprint density at radius 2 is 1.41 bits per heavy atom. The smallest absolute Gasteiger partial charge is 0.331 e. The quantitative estimate of drug-likeness (QED) is 0.371. The van der Waals surface area contributed by atoms with Gasteiger partial charge in [-0.25, -0.2) is 4.79 Å². The van der Waals surface area contributed by atoms with Crippen molar-refractivity contribution in [2.45, 2.75) is 26.0 Å². The fraction of sp³-hybridized carbons (Fsp3) is 0.143. The van der Waals surface area contributed by atoms with Crippen LogP contribution in [-0.2, 0) is 27.5 Å². The molecule has 4 rings (SSSR count). The molecule has 0 aliphatic carbocycles. The van der Waals surface area contributed by atoms with Crippen molar-refractivity contribution in [2.75, 3.05) is 0 Å². The van der Waals surface area contributed by atoms with Gasteiger partial charge in [-0.05, 0) is 34.8 Å². The molecule has 0 radical (unpaired) electrons. The summed E-state index contributed by atoms with van der Waals surface area (Å²) in [6, 6.07) is 29.4. The predicted molar refractivity (Wildman–Crippen MR) is 125 cm³/mol. The molecule has 0 fully saturated rings. The zero-order valence-corrected chi connectivity index (χ0v) is 17.8. The highest BCUT2D eigenvalue weighted by atomic mass is 16.5. The third-order valence-electron chi connectivity index (χ3n) is 5.36. The van der Waals surface area contributed by atoms with Crippen LogP contribution in [0.15, 0.2) is 109 Å². The van der Waals surface area contributed by atoms with Gasteiger partial charge in [0.05, 0.1) is 12.2 Å². The fourth-order valence-corrected chi connectivity index (χ4v) is 3.77. The number of hydrogen-bond donors (Lipinski definition) is 0. The van der Waals surface area contributed by atoms with Gasteiger partial charge in [0.15, 0.2) is 0 Å². The minimum absolute atomic E-state index is 0.0801. The molecule has 4 heteroatoms. The van der Waals surface area contributed by atoms with Gasteiger partial charge in [-0.1, -0.05) is 91.0 Å². The summed E-state index contributed by atoms with van der Waals surface area (Å²) < 4.78 is 5.37. The van der Waals surface area contributed by atoms with Crippen molar-refractivity contribution in [1.82, 2.24) is 4.90 Å². The molecule has 1 aliphatic rings. The number of ether oxygens (including phenoxy) is 1. The van der Waals surface area contributed by atoms with Crippen molar-refractivity contribution < 1.29 is 14.3 Å². The van der Waals surface area contributed by atoms with E-state index in [1.807, 2.05) is 95.9 Å². The Labute approximate surface area is 188 Å². The summed E-state index contributed by atoms with van der Waals surface area (Å²) in [5.41, 5.74) is 4.74. The molecule has 0 saturated heterocycles. The van der Waals surface area contributed by atoms with Crippen molar-refractivity contribution in [3.63, 3.8) is 0 Å². The second-order valence-electron chi connectivity index (χ2n) is 7.63. The van der Waals surface area contributed by atoms with Crippen LogP contribution in [0.4, 0.5) is 0 Å². The molecule has 1 heterocycles. The number of rotatable bonds is 7. The monoisotopic (exact) mass is 423 g/mol. The van der Waals surface area contributed by atoms with Crippen LogP contribution in [0, 0.1) is 0 Å². The summed E-state index contributed by atoms with van der Waals surface area (Å²) in [5, 5.41) is 0. The van der Waals surface area contributed by atoms with E-state index in [9.17, 15) is 9.59 Å². The number of benzene rings is 3. The van der Waals surface area contributed by atoms with E-state index in [0.717, 1.165) is 28.0 Å². The first-order valence-corrected chi connectivity index (χ1v) is 10.7. The Kier molecular flexibility index (Phi) is 6.93. The summed E-state index contributed by atoms with van der Waals surface area (Å²) >= 11 is 0. The van der Waals surface area contributed by atoms with E-state index in [4.69, 9.17) is 4.74 Å². The van der Waals surface area contributed by atoms with Gasteiger partial charge >= 0.3 is 5.97 Å². The molecular formula is C28H25NO3. The second-order valence-corrected chi connectivity index (χ2v) is 7.63. The lowest BCUT2D eigenvalue weighted by Crippen LogP contribution is -2.32. The Bertz CT molecular complexity index is 1120. The lowest BCUT2D eigenvalue weighted by Gasteiger charge is -2.32. The van der Waals surface area contributed by atoms with Crippen LogP contribution in [0.3, 0.4) is 0 Å². The minimum atomic E-state index is -0.403. The van der Waals surface area contributed by atoms with Crippen molar-refractivity contribution in [2.24, 2.45) is 0 Å². The normalized spacial score (nSPS) is 14.1. The van der Waals surface area contributed by atoms with Gasteiger partial charge in [0.25, 0.3) is 0 Å². The number of hydrogen-bond acceptors (Lipinski definition) is 3. The van der Waals surface area contributed by atoms with Crippen molar-refractivity contribution in [3.8, 4) is 0 Å². The van der Waals surface area contributed by atoms with Gasteiger partial charge in [0, 0.05) is 12.5 Å². The molecule has 1 aliphatic heterocycles. The summed E-state index contributed by atoms with van der Waals surface area (Å²) in [7, 11) is 0. The van der Waals surface area contributed by atoms with E-state index in [1.165, 1.54) is 6.08 Å². The zero-order valence-electron chi connectivity index (χ0n) is 17.8. The molecule has 32 heavy (non-hydrogen) atoms. The minimum Gasteiger partial charge on any atom is -0.458 e. The van der Waals surface area contributed by atoms with Gasteiger partial charge in [0.1, 0.15) is 6.61 Å². The van der Waals surface area contributed by atoms with E-state index >= 15 is 0 Å². The molecule has 0 atom stereocenters. The first kappa shape index (κ1) is 21.3. The maximum absolute atomic E-state index is 12.9. The SMILES string of the molecule is O=C(/C=C/C1=C(c2ccccc2)N(Cc2ccccc2)C(=O)CC1)OCc1ccccc1. The second kappa shape index (κ2) is 10.4. The van der Waals surface area contributed by atoms with Crippen molar-refractivity contribution >= 4 is 17.6 Å². The first-order chi connectivity index (χ1) is 15.7. The largest absolute Gasteiger partial charge is 0.458 e. The molecule has 3 aromatic carbocycles. The third kappa shape index (κ3) is 5.41. The van der Waals surface area contributed by atoms with Crippen LogP contribution in [0.2, 0.25) is 0 Å². The van der Waals surface area contributed by atoms with E-state index in [2.05, 4.69) is 0 Å². The first-order valence-electron chi connectivity index (χ1n) is 10.7. The van der Waals surface area contributed by atoms with E-state index in [1.54, 1.807) is 6.08 Å². The van der Waals surface area contributed by atoms with E-state index in [0.29, 0.717) is 19.4 Å². The highest BCUT2D eigenvalue weighted by Crippen LogP contribution is 2.33.